The molecule has 1 N–H and O–H groups in total. The van der Waals surface area contributed by atoms with Gasteiger partial charge in [0.05, 0.1) is 23.2 Å². The summed E-state index contributed by atoms with van der Waals surface area (Å²) in [7, 11) is 1.59. The Labute approximate surface area is 98.8 Å². The summed E-state index contributed by atoms with van der Waals surface area (Å²) >= 11 is 0. The number of methoxy groups -OCH3 is 1. The van der Waals surface area contributed by atoms with Gasteiger partial charge in [-0.05, 0) is 18.2 Å². The molecule has 0 fully saturated rings. The maximum absolute atomic E-state index is 11.7. The number of amides is 1. The molecule has 0 atom stereocenters. The summed E-state index contributed by atoms with van der Waals surface area (Å²) in [6.45, 7) is 0.973. The average molecular weight is 231 g/mol. The van der Waals surface area contributed by atoms with Crippen molar-refractivity contribution in [2.75, 3.05) is 20.3 Å². The molecule has 0 saturated carbocycles. The van der Waals surface area contributed by atoms with Crippen LogP contribution >= 0.6 is 0 Å². The van der Waals surface area contributed by atoms with Crippen molar-refractivity contribution in [1.29, 1.82) is 0 Å². The van der Waals surface area contributed by atoms with E-state index in [0.29, 0.717) is 24.2 Å². The number of ether oxygens (including phenoxy) is 1. The van der Waals surface area contributed by atoms with E-state index in [2.05, 4.69) is 15.3 Å². The summed E-state index contributed by atoms with van der Waals surface area (Å²) in [4.78, 5) is 20.1. The molecule has 0 bridgehead atoms. The van der Waals surface area contributed by atoms with E-state index in [9.17, 15) is 4.79 Å². The number of hydrogen-bond acceptors (Lipinski definition) is 4. The van der Waals surface area contributed by atoms with Gasteiger partial charge in [0.15, 0.2) is 0 Å². The molecule has 0 saturated heterocycles. The Morgan fingerprint density at radius 2 is 2.29 bits per heavy atom. The van der Waals surface area contributed by atoms with Crippen LogP contribution in [0.3, 0.4) is 0 Å². The Kier molecular flexibility index (Phi) is 3.62. The van der Waals surface area contributed by atoms with Crippen molar-refractivity contribution in [3.05, 3.63) is 36.2 Å². The van der Waals surface area contributed by atoms with Crippen LogP contribution in [0, 0.1) is 0 Å². The van der Waals surface area contributed by atoms with E-state index in [1.807, 2.05) is 12.1 Å². The first-order valence-corrected chi connectivity index (χ1v) is 5.29. The zero-order valence-corrected chi connectivity index (χ0v) is 9.51. The highest BCUT2D eigenvalue weighted by Gasteiger charge is 2.06. The molecule has 0 aliphatic rings. The maximum atomic E-state index is 11.7. The molecule has 0 aliphatic carbocycles. The van der Waals surface area contributed by atoms with Crippen molar-refractivity contribution >= 4 is 16.9 Å². The lowest BCUT2D eigenvalue weighted by atomic mass is 10.2. The zero-order chi connectivity index (χ0) is 12.1. The molecule has 2 aromatic rings. The lowest BCUT2D eigenvalue weighted by molar-refractivity contribution is 0.0937. The molecule has 5 nitrogen and oxygen atoms in total. The lowest BCUT2D eigenvalue weighted by Crippen LogP contribution is -2.27. The Morgan fingerprint density at radius 1 is 1.41 bits per heavy atom. The van der Waals surface area contributed by atoms with E-state index in [0.717, 1.165) is 5.52 Å². The fourth-order valence-corrected chi connectivity index (χ4v) is 1.45. The summed E-state index contributed by atoms with van der Waals surface area (Å²) in [5, 5.41) is 2.73. The second-order valence-electron chi connectivity index (χ2n) is 3.51. The second kappa shape index (κ2) is 5.36. The number of carbonyl (C=O) groups excluding carboxylic acids is 1. The monoisotopic (exact) mass is 231 g/mol. The van der Waals surface area contributed by atoms with Crippen LogP contribution in [0.1, 0.15) is 10.4 Å². The van der Waals surface area contributed by atoms with Gasteiger partial charge < -0.3 is 10.1 Å². The van der Waals surface area contributed by atoms with E-state index in [4.69, 9.17) is 4.74 Å². The molecule has 0 aromatic carbocycles. The fraction of sp³-hybridized carbons (Fsp3) is 0.250. The number of pyridine rings is 2. The molecule has 1 amide bonds. The Bertz CT molecular complexity index is 528. The molecular weight excluding hydrogens is 218 g/mol. The number of aromatic nitrogens is 2. The van der Waals surface area contributed by atoms with Crippen LogP contribution in [0.4, 0.5) is 0 Å². The van der Waals surface area contributed by atoms with Crippen molar-refractivity contribution in [3.63, 3.8) is 0 Å². The van der Waals surface area contributed by atoms with Crippen molar-refractivity contribution < 1.29 is 9.53 Å². The highest BCUT2D eigenvalue weighted by molar-refractivity contribution is 5.96. The smallest absolute Gasteiger partial charge is 0.253 e. The number of nitrogens with one attached hydrogen (secondary N) is 1. The van der Waals surface area contributed by atoms with Gasteiger partial charge >= 0.3 is 0 Å². The molecule has 5 heteroatoms. The van der Waals surface area contributed by atoms with Gasteiger partial charge in [-0.15, -0.1) is 0 Å². The highest BCUT2D eigenvalue weighted by Crippen LogP contribution is 2.09. The van der Waals surface area contributed by atoms with Gasteiger partial charge in [-0.2, -0.15) is 0 Å². The van der Waals surface area contributed by atoms with Crippen LogP contribution in [-0.2, 0) is 4.74 Å². The first kappa shape index (κ1) is 11.5. The van der Waals surface area contributed by atoms with Crippen LogP contribution in [0.15, 0.2) is 30.6 Å². The van der Waals surface area contributed by atoms with Gasteiger partial charge in [0, 0.05) is 26.0 Å². The van der Waals surface area contributed by atoms with Gasteiger partial charge in [-0.3, -0.25) is 14.8 Å². The quantitative estimate of drug-likeness (QED) is 0.797. The normalized spacial score (nSPS) is 10.4. The first-order chi connectivity index (χ1) is 8.31. The highest BCUT2D eigenvalue weighted by atomic mass is 16.5. The molecule has 0 spiro atoms. The maximum Gasteiger partial charge on any atom is 0.253 e. The molecule has 0 aliphatic heterocycles. The number of carbonyl (C=O) groups is 1. The van der Waals surface area contributed by atoms with Crippen molar-refractivity contribution in [1.82, 2.24) is 15.3 Å². The third kappa shape index (κ3) is 2.76. The van der Waals surface area contributed by atoms with Gasteiger partial charge in [0.25, 0.3) is 5.91 Å². The van der Waals surface area contributed by atoms with Crippen LogP contribution in [0.25, 0.3) is 11.0 Å². The van der Waals surface area contributed by atoms with Crippen LogP contribution < -0.4 is 5.32 Å². The number of nitrogens with zero attached hydrogens (tertiary/aromatic N) is 2. The molecular formula is C12H13N3O2. The Balaban J connectivity index is 2.15. The van der Waals surface area contributed by atoms with Gasteiger partial charge in [-0.25, -0.2) is 0 Å². The molecule has 0 unspecified atom stereocenters. The van der Waals surface area contributed by atoms with E-state index in [1.54, 1.807) is 25.6 Å². The fourth-order valence-electron chi connectivity index (χ4n) is 1.45. The Morgan fingerprint density at radius 3 is 3.12 bits per heavy atom. The number of hydrogen-bond donors (Lipinski definition) is 1. The first-order valence-electron chi connectivity index (χ1n) is 5.29. The molecule has 2 rings (SSSR count). The zero-order valence-electron chi connectivity index (χ0n) is 9.51. The van der Waals surface area contributed by atoms with Gasteiger partial charge in [-0.1, -0.05) is 0 Å². The summed E-state index contributed by atoms with van der Waals surface area (Å²) in [6.07, 6.45) is 3.22. The minimum atomic E-state index is -0.165. The van der Waals surface area contributed by atoms with Crippen molar-refractivity contribution in [2.45, 2.75) is 0 Å². The molecule has 88 valence electrons. The van der Waals surface area contributed by atoms with Crippen molar-refractivity contribution in [3.8, 4) is 0 Å². The van der Waals surface area contributed by atoms with E-state index in [1.165, 1.54) is 0 Å². The minimum Gasteiger partial charge on any atom is -0.383 e. The summed E-state index contributed by atoms with van der Waals surface area (Å²) in [5.41, 5.74) is 2.00. The third-order valence-corrected chi connectivity index (χ3v) is 2.31. The number of rotatable bonds is 4. The topological polar surface area (TPSA) is 64.1 Å². The summed E-state index contributed by atoms with van der Waals surface area (Å²) in [5.74, 6) is -0.165. The van der Waals surface area contributed by atoms with Crippen LogP contribution in [-0.4, -0.2) is 36.1 Å². The van der Waals surface area contributed by atoms with E-state index < -0.39 is 0 Å². The lowest BCUT2D eigenvalue weighted by Gasteiger charge is -2.04. The Hall–Kier alpha value is -2.01. The predicted octanol–water partition coefficient (Wildman–Crippen LogP) is 1.01. The van der Waals surface area contributed by atoms with E-state index >= 15 is 0 Å². The largest absolute Gasteiger partial charge is 0.383 e. The second-order valence-corrected chi connectivity index (χ2v) is 3.51. The molecule has 2 heterocycles. The standard InChI is InChI=1S/C12H13N3O2/c1-17-6-5-14-12(16)9-7-11-10(15-8-9)3-2-4-13-11/h2-4,7-8H,5-6H2,1H3,(H,14,16). The summed E-state index contributed by atoms with van der Waals surface area (Å²) in [6, 6.07) is 5.40. The molecule has 2 aromatic heterocycles. The SMILES string of the molecule is COCCNC(=O)c1cnc2cccnc2c1. The summed E-state index contributed by atoms with van der Waals surface area (Å²) < 4.78 is 4.86. The van der Waals surface area contributed by atoms with Crippen LogP contribution in [0.5, 0.6) is 0 Å². The minimum absolute atomic E-state index is 0.165. The third-order valence-electron chi connectivity index (χ3n) is 2.31. The molecule has 0 radical (unpaired) electrons. The van der Waals surface area contributed by atoms with Crippen molar-refractivity contribution in [2.24, 2.45) is 0 Å². The van der Waals surface area contributed by atoms with Gasteiger partial charge in [0.2, 0.25) is 0 Å². The predicted molar refractivity (Wildman–Crippen MR) is 63.7 cm³/mol. The van der Waals surface area contributed by atoms with Gasteiger partial charge in [0.1, 0.15) is 0 Å². The molecule has 17 heavy (non-hydrogen) atoms. The van der Waals surface area contributed by atoms with E-state index in [-0.39, 0.29) is 5.91 Å². The number of fused-ring (bicyclic) bond motifs is 1. The van der Waals surface area contributed by atoms with Crippen LogP contribution in [0.2, 0.25) is 0 Å². The average Bonchev–Trinajstić information content (AvgIpc) is 2.38.